The second kappa shape index (κ2) is 2.93. The SMILES string of the molecule is Cc1cc(Br)cc(F)c1S. The van der Waals surface area contributed by atoms with Crippen molar-refractivity contribution in [1.29, 1.82) is 0 Å². The lowest BCUT2D eigenvalue weighted by molar-refractivity contribution is 0.599. The summed E-state index contributed by atoms with van der Waals surface area (Å²) < 4.78 is 13.5. The summed E-state index contributed by atoms with van der Waals surface area (Å²) in [7, 11) is 0. The van der Waals surface area contributed by atoms with E-state index in [0.717, 1.165) is 10.0 Å². The lowest BCUT2D eigenvalue weighted by atomic mass is 10.2. The molecule has 0 saturated heterocycles. The molecule has 54 valence electrons. The zero-order valence-corrected chi connectivity index (χ0v) is 7.84. The third-order valence-electron chi connectivity index (χ3n) is 1.22. The molecule has 0 aliphatic heterocycles. The number of thiol groups is 1. The molecule has 3 heteroatoms. The van der Waals surface area contributed by atoms with Gasteiger partial charge in [0.1, 0.15) is 5.82 Å². The summed E-state index contributed by atoms with van der Waals surface area (Å²) in [5, 5.41) is 0. The zero-order valence-electron chi connectivity index (χ0n) is 5.36. The standard InChI is InChI=1S/C7H6BrFS/c1-4-2-5(8)3-6(9)7(4)10/h2-3,10H,1H3. The van der Waals surface area contributed by atoms with Crippen molar-refractivity contribution < 1.29 is 4.39 Å². The fourth-order valence-corrected chi connectivity index (χ4v) is 1.37. The van der Waals surface area contributed by atoms with Crippen LogP contribution in [0.3, 0.4) is 0 Å². The van der Waals surface area contributed by atoms with Gasteiger partial charge in [-0.25, -0.2) is 4.39 Å². The highest BCUT2D eigenvalue weighted by molar-refractivity contribution is 9.10. The van der Waals surface area contributed by atoms with Crippen LogP contribution in [-0.4, -0.2) is 0 Å². The van der Waals surface area contributed by atoms with E-state index in [1.54, 1.807) is 0 Å². The molecule has 0 unspecified atom stereocenters. The fraction of sp³-hybridized carbons (Fsp3) is 0.143. The van der Waals surface area contributed by atoms with Gasteiger partial charge < -0.3 is 0 Å². The van der Waals surface area contributed by atoms with Crippen LogP contribution in [0.15, 0.2) is 21.5 Å². The van der Waals surface area contributed by atoms with E-state index in [1.807, 2.05) is 13.0 Å². The molecule has 0 heterocycles. The quantitative estimate of drug-likeness (QED) is 0.639. The first-order valence-electron chi connectivity index (χ1n) is 2.76. The van der Waals surface area contributed by atoms with E-state index in [-0.39, 0.29) is 5.82 Å². The van der Waals surface area contributed by atoms with E-state index in [4.69, 9.17) is 0 Å². The van der Waals surface area contributed by atoms with Crippen LogP contribution in [0, 0.1) is 12.7 Å². The van der Waals surface area contributed by atoms with Crippen molar-refractivity contribution >= 4 is 28.6 Å². The Morgan fingerprint density at radius 1 is 1.50 bits per heavy atom. The van der Waals surface area contributed by atoms with E-state index < -0.39 is 0 Å². The van der Waals surface area contributed by atoms with Crippen LogP contribution in [0.1, 0.15) is 5.56 Å². The van der Waals surface area contributed by atoms with Gasteiger partial charge in [-0.3, -0.25) is 0 Å². The average Bonchev–Trinajstić information content (AvgIpc) is 1.82. The molecule has 0 aliphatic carbocycles. The second-order valence-corrected chi connectivity index (χ2v) is 3.42. The number of aryl methyl sites for hydroxylation is 1. The molecular weight excluding hydrogens is 215 g/mol. The summed E-state index contributed by atoms with van der Waals surface area (Å²) in [5.74, 6) is -0.282. The maximum absolute atomic E-state index is 12.7. The first-order valence-corrected chi connectivity index (χ1v) is 4.00. The minimum atomic E-state index is -0.282. The van der Waals surface area contributed by atoms with Crippen LogP contribution in [0.4, 0.5) is 4.39 Å². The van der Waals surface area contributed by atoms with Crippen molar-refractivity contribution in [2.45, 2.75) is 11.8 Å². The number of halogens is 2. The molecule has 0 amide bonds. The van der Waals surface area contributed by atoms with Gasteiger partial charge in [0.25, 0.3) is 0 Å². The number of hydrogen-bond donors (Lipinski definition) is 1. The second-order valence-electron chi connectivity index (χ2n) is 2.05. The van der Waals surface area contributed by atoms with Crippen LogP contribution in [-0.2, 0) is 0 Å². The Balaban J connectivity index is 3.31. The summed E-state index contributed by atoms with van der Waals surface area (Å²) in [6.07, 6.45) is 0. The molecule has 0 atom stereocenters. The van der Waals surface area contributed by atoms with E-state index in [9.17, 15) is 4.39 Å². The Bertz CT molecular complexity index is 237. The zero-order chi connectivity index (χ0) is 7.72. The van der Waals surface area contributed by atoms with E-state index in [0.29, 0.717) is 4.90 Å². The lowest BCUT2D eigenvalue weighted by Gasteiger charge is -1.99. The van der Waals surface area contributed by atoms with E-state index in [1.165, 1.54) is 6.07 Å². The molecule has 0 aromatic heterocycles. The molecule has 0 N–H and O–H groups in total. The normalized spacial score (nSPS) is 10.0. The molecule has 0 spiro atoms. The van der Waals surface area contributed by atoms with Gasteiger partial charge in [-0.15, -0.1) is 12.6 Å². The van der Waals surface area contributed by atoms with Gasteiger partial charge >= 0.3 is 0 Å². The van der Waals surface area contributed by atoms with Crippen LogP contribution in [0.25, 0.3) is 0 Å². The lowest BCUT2D eigenvalue weighted by Crippen LogP contribution is -1.82. The van der Waals surface area contributed by atoms with Crippen molar-refractivity contribution in [1.82, 2.24) is 0 Å². The number of rotatable bonds is 0. The highest BCUT2D eigenvalue weighted by Gasteiger charge is 2.01. The fourth-order valence-electron chi connectivity index (χ4n) is 0.695. The van der Waals surface area contributed by atoms with Crippen molar-refractivity contribution in [2.75, 3.05) is 0 Å². The van der Waals surface area contributed by atoms with Gasteiger partial charge in [0, 0.05) is 9.37 Å². The Kier molecular flexibility index (Phi) is 2.36. The monoisotopic (exact) mass is 220 g/mol. The van der Waals surface area contributed by atoms with Gasteiger partial charge in [0.05, 0.1) is 0 Å². The molecule has 0 fully saturated rings. The first-order chi connectivity index (χ1) is 4.61. The Labute approximate surface area is 73.0 Å². The van der Waals surface area contributed by atoms with Crippen molar-refractivity contribution in [3.63, 3.8) is 0 Å². The average molecular weight is 221 g/mol. The third-order valence-corrected chi connectivity index (χ3v) is 2.24. The molecule has 0 saturated carbocycles. The first kappa shape index (κ1) is 8.08. The predicted octanol–water partition coefficient (Wildman–Crippen LogP) is 3.19. The summed E-state index contributed by atoms with van der Waals surface area (Å²) in [6.45, 7) is 1.82. The predicted molar refractivity (Wildman–Crippen MR) is 46.1 cm³/mol. The van der Waals surface area contributed by atoms with E-state index in [2.05, 4.69) is 28.6 Å². The summed E-state index contributed by atoms with van der Waals surface area (Å²) in [6, 6.07) is 3.22. The van der Waals surface area contributed by atoms with Crippen molar-refractivity contribution in [3.8, 4) is 0 Å². The van der Waals surface area contributed by atoms with Gasteiger partial charge in [0.2, 0.25) is 0 Å². The molecule has 0 nitrogen and oxygen atoms in total. The highest BCUT2D eigenvalue weighted by Crippen LogP contribution is 2.22. The molecule has 1 aromatic rings. The van der Waals surface area contributed by atoms with Crippen molar-refractivity contribution in [3.05, 3.63) is 28.0 Å². The Morgan fingerprint density at radius 3 is 2.60 bits per heavy atom. The maximum atomic E-state index is 12.7. The summed E-state index contributed by atoms with van der Waals surface area (Å²) >= 11 is 7.14. The third kappa shape index (κ3) is 1.52. The number of benzene rings is 1. The van der Waals surface area contributed by atoms with Crippen LogP contribution < -0.4 is 0 Å². The molecule has 1 aromatic carbocycles. The highest BCUT2D eigenvalue weighted by atomic mass is 79.9. The molecule has 0 bridgehead atoms. The Morgan fingerprint density at radius 2 is 2.10 bits per heavy atom. The minimum absolute atomic E-state index is 0.282. The van der Waals surface area contributed by atoms with Gasteiger partial charge in [-0.2, -0.15) is 0 Å². The summed E-state index contributed by atoms with van der Waals surface area (Å²) in [5.41, 5.74) is 0.843. The smallest absolute Gasteiger partial charge is 0.137 e. The van der Waals surface area contributed by atoms with Gasteiger partial charge in [-0.05, 0) is 24.6 Å². The molecule has 1 rings (SSSR count). The van der Waals surface area contributed by atoms with E-state index >= 15 is 0 Å². The Hall–Kier alpha value is -0.0200. The van der Waals surface area contributed by atoms with Gasteiger partial charge in [-0.1, -0.05) is 15.9 Å². The maximum Gasteiger partial charge on any atom is 0.137 e. The molecule has 0 radical (unpaired) electrons. The summed E-state index contributed by atoms with van der Waals surface area (Å²) in [4.78, 5) is 0.420. The number of hydrogen-bond acceptors (Lipinski definition) is 1. The minimum Gasteiger partial charge on any atom is -0.206 e. The van der Waals surface area contributed by atoms with Crippen LogP contribution in [0.2, 0.25) is 0 Å². The molecule has 10 heavy (non-hydrogen) atoms. The van der Waals surface area contributed by atoms with Crippen LogP contribution in [0.5, 0.6) is 0 Å². The topological polar surface area (TPSA) is 0 Å². The van der Waals surface area contributed by atoms with Crippen LogP contribution >= 0.6 is 28.6 Å². The molecular formula is C7H6BrFS. The van der Waals surface area contributed by atoms with Crippen molar-refractivity contribution in [2.24, 2.45) is 0 Å². The largest absolute Gasteiger partial charge is 0.206 e. The molecule has 0 aliphatic rings. The van der Waals surface area contributed by atoms with Gasteiger partial charge in [0.15, 0.2) is 0 Å².